The number of hydrogen-bond acceptors (Lipinski definition) is 11. The molecule has 16 heteroatoms. The summed E-state index contributed by atoms with van der Waals surface area (Å²) in [6.07, 6.45) is 4.85. The van der Waals surface area contributed by atoms with E-state index in [9.17, 15) is 27.6 Å². The van der Waals surface area contributed by atoms with E-state index in [1.54, 1.807) is 7.11 Å². The minimum absolute atomic E-state index is 0.0184. The number of benzene rings is 1. The molecule has 1 aromatic carbocycles. The van der Waals surface area contributed by atoms with E-state index in [-0.39, 0.29) is 43.5 Å². The van der Waals surface area contributed by atoms with Crippen LogP contribution in [0.5, 0.6) is 11.5 Å². The number of methoxy groups -OCH3 is 1. The highest BCUT2D eigenvalue weighted by Gasteiger charge is 2.62. The highest BCUT2D eigenvalue weighted by Crippen LogP contribution is 2.46. The fourth-order valence-electron chi connectivity index (χ4n) is 8.46. The molecule has 0 radical (unpaired) electrons. The molecule has 2 saturated heterocycles. The lowest BCUT2D eigenvalue weighted by atomic mass is 9.77. The number of carbonyl (C=O) groups excluding carboxylic acids is 4. The molecule has 2 aliphatic heterocycles. The van der Waals surface area contributed by atoms with Gasteiger partial charge in [0.05, 0.1) is 36.0 Å². The van der Waals surface area contributed by atoms with Gasteiger partial charge < -0.3 is 24.6 Å². The molecular formula is C44H58N6O8S2. The maximum absolute atomic E-state index is 15.0. The van der Waals surface area contributed by atoms with Crippen molar-refractivity contribution in [1.29, 1.82) is 0 Å². The number of ether oxygens (including phenoxy) is 2. The van der Waals surface area contributed by atoms with E-state index in [4.69, 9.17) is 19.4 Å². The van der Waals surface area contributed by atoms with E-state index < -0.39 is 62.0 Å². The second-order valence-corrected chi connectivity index (χ2v) is 21.1. The summed E-state index contributed by atoms with van der Waals surface area (Å²) < 4.78 is 40.4. The molecule has 2 aromatic heterocycles. The van der Waals surface area contributed by atoms with Crippen molar-refractivity contribution >= 4 is 55.9 Å². The maximum atomic E-state index is 15.0. The lowest BCUT2D eigenvalue weighted by molar-refractivity contribution is -0.148. The van der Waals surface area contributed by atoms with Gasteiger partial charge in [0, 0.05) is 54.2 Å². The van der Waals surface area contributed by atoms with Crippen molar-refractivity contribution in [3.63, 3.8) is 0 Å². The van der Waals surface area contributed by atoms with Crippen LogP contribution in [0.1, 0.15) is 103 Å². The molecule has 324 valence electrons. The molecule has 3 aromatic rings. The Balaban J connectivity index is 1.23. The van der Waals surface area contributed by atoms with Crippen LogP contribution in [0, 0.1) is 24.2 Å². The third kappa shape index (κ3) is 8.77. The number of piperidine rings is 1. The predicted octanol–water partition coefficient (Wildman–Crippen LogP) is 5.88. The number of pyridine rings is 1. The number of nitrogens with one attached hydrogen (secondary N) is 2. The van der Waals surface area contributed by atoms with Gasteiger partial charge in [0.1, 0.15) is 39.9 Å². The first-order valence-electron chi connectivity index (χ1n) is 21.1. The molecule has 4 fully saturated rings. The van der Waals surface area contributed by atoms with Gasteiger partial charge in [-0.15, -0.1) is 17.9 Å². The van der Waals surface area contributed by atoms with Crippen LogP contribution in [0.25, 0.3) is 21.6 Å². The number of amides is 4. The number of thiazole rings is 1. The van der Waals surface area contributed by atoms with Crippen LogP contribution in [-0.4, -0.2) is 101 Å². The van der Waals surface area contributed by atoms with Crippen LogP contribution in [0.4, 0.5) is 0 Å². The number of aryl methyl sites for hydroxylation is 1. The Kier molecular flexibility index (Phi) is 12.1. The molecule has 7 rings (SSSR count). The summed E-state index contributed by atoms with van der Waals surface area (Å²) in [4.78, 5) is 70.2. The first-order chi connectivity index (χ1) is 28.4. The Morgan fingerprint density at radius 2 is 1.80 bits per heavy atom. The van der Waals surface area contributed by atoms with Crippen molar-refractivity contribution in [3.05, 3.63) is 47.5 Å². The monoisotopic (exact) mass is 862 g/mol. The fourth-order valence-corrected chi connectivity index (χ4v) is 10.8. The zero-order valence-corrected chi connectivity index (χ0v) is 37.3. The summed E-state index contributed by atoms with van der Waals surface area (Å²) in [5.41, 5.74) is 0.818. The van der Waals surface area contributed by atoms with Gasteiger partial charge in [0.15, 0.2) is 0 Å². The third-order valence-corrected chi connectivity index (χ3v) is 15.2. The van der Waals surface area contributed by atoms with Gasteiger partial charge in [-0.2, -0.15) is 0 Å². The molecule has 0 bridgehead atoms. The van der Waals surface area contributed by atoms with Crippen LogP contribution >= 0.6 is 11.3 Å². The highest BCUT2D eigenvalue weighted by atomic mass is 32.2. The molecule has 4 aliphatic rings. The summed E-state index contributed by atoms with van der Waals surface area (Å²) >= 11 is 1.48. The van der Waals surface area contributed by atoms with Crippen LogP contribution in [-0.2, 0) is 29.2 Å². The smallest absolute Gasteiger partial charge is 0.259 e. The van der Waals surface area contributed by atoms with E-state index in [0.29, 0.717) is 59.0 Å². The molecule has 2 saturated carbocycles. The summed E-state index contributed by atoms with van der Waals surface area (Å²) in [6.45, 7) is 17.0. The zero-order valence-electron chi connectivity index (χ0n) is 35.7. The summed E-state index contributed by atoms with van der Waals surface area (Å²) in [6, 6.07) is 4.46. The van der Waals surface area contributed by atoms with E-state index in [1.165, 1.54) is 22.3 Å². The molecular weight excluding hydrogens is 805 g/mol. The molecule has 0 spiro atoms. The van der Waals surface area contributed by atoms with Gasteiger partial charge in [-0.25, -0.2) is 18.4 Å². The van der Waals surface area contributed by atoms with E-state index in [2.05, 4.69) is 30.5 Å². The van der Waals surface area contributed by atoms with Crippen LogP contribution in [0.15, 0.2) is 36.2 Å². The first kappa shape index (κ1) is 43.5. The number of carbonyl (C=O) groups is 4. The van der Waals surface area contributed by atoms with Crippen molar-refractivity contribution in [3.8, 4) is 22.2 Å². The van der Waals surface area contributed by atoms with Crippen molar-refractivity contribution < 1.29 is 37.1 Å². The first-order valence-corrected chi connectivity index (χ1v) is 23.5. The largest absolute Gasteiger partial charge is 0.496 e. The minimum atomic E-state index is -3.91. The maximum Gasteiger partial charge on any atom is 0.259 e. The Morgan fingerprint density at radius 1 is 1.08 bits per heavy atom. The SMILES string of the molecule is C=CC1C[C@]1(NC(=O)[C@@H]1C[C@@H](Oc2cc(-c3nc(C(C)C)cs3)nc3c(C)c(OC)ccc23)CN1C(=O)[C@@H](CC(=O)N1CCCCC1)C(C)(C)C)C(=O)NS(=O)(=O)C1CC1. The number of fused-ring (bicyclic) bond motifs is 1. The number of sulfonamides is 1. The Bertz CT molecular complexity index is 2290. The molecule has 4 amide bonds. The molecule has 4 heterocycles. The molecule has 60 heavy (non-hydrogen) atoms. The van der Waals surface area contributed by atoms with Gasteiger partial charge in [0.2, 0.25) is 27.7 Å². The Morgan fingerprint density at radius 3 is 2.40 bits per heavy atom. The van der Waals surface area contributed by atoms with E-state index >= 15 is 0 Å². The quantitative estimate of drug-likeness (QED) is 0.186. The predicted molar refractivity (Wildman–Crippen MR) is 230 cm³/mol. The molecule has 2 aliphatic carbocycles. The molecule has 14 nitrogen and oxygen atoms in total. The van der Waals surface area contributed by atoms with Gasteiger partial charge in [0.25, 0.3) is 5.91 Å². The van der Waals surface area contributed by atoms with Gasteiger partial charge in [-0.3, -0.25) is 23.9 Å². The van der Waals surface area contributed by atoms with Crippen molar-refractivity contribution in [2.75, 3.05) is 26.7 Å². The second kappa shape index (κ2) is 16.7. The standard InChI is InChI=1S/C44H58N6O8S2/c1-9-27-22-44(27,42(54)48-60(55,56)29-13-14-29)47-39(52)34-19-28(23-50(34)41(53)31(43(5,6)7)20-37(51)49-17-11-10-12-18-49)58-36-21-32(40-46-33(24-59-40)25(2)3)45-38-26(4)35(57-8)16-15-30(36)38/h9,15-16,21,24-25,27-29,31,34H,1,10-14,17-20,22-23H2,2-8H3,(H,47,52)(H,48,54)/t27?,28-,31-,34+,44-/m1/s1. The van der Waals surface area contributed by atoms with Crippen LogP contribution in [0.3, 0.4) is 0 Å². The van der Waals surface area contributed by atoms with Gasteiger partial charge in [-0.1, -0.05) is 40.7 Å². The van der Waals surface area contributed by atoms with E-state index in [1.807, 2.05) is 56.2 Å². The number of hydrogen-bond donors (Lipinski definition) is 2. The zero-order chi connectivity index (χ0) is 43.3. The average molecular weight is 863 g/mol. The number of rotatable bonds is 14. The molecule has 2 N–H and O–H groups in total. The lowest BCUT2D eigenvalue weighted by Gasteiger charge is -2.36. The summed E-state index contributed by atoms with van der Waals surface area (Å²) in [7, 11) is -2.31. The van der Waals surface area contributed by atoms with Gasteiger partial charge >= 0.3 is 0 Å². The number of aromatic nitrogens is 2. The van der Waals surface area contributed by atoms with Gasteiger partial charge in [-0.05, 0) is 68.9 Å². The van der Waals surface area contributed by atoms with Crippen LogP contribution < -0.4 is 19.5 Å². The van der Waals surface area contributed by atoms with Crippen LogP contribution in [0.2, 0.25) is 0 Å². The van der Waals surface area contributed by atoms with Crippen molar-refractivity contribution in [1.82, 2.24) is 29.8 Å². The van der Waals surface area contributed by atoms with Crippen molar-refractivity contribution in [2.45, 2.75) is 122 Å². The Labute approximate surface area is 356 Å². The lowest BCUT2D eigenvalue weighted by Crippen LogP contribution is -2.57. The average Bonchev–Trinajstić information content (AvgIpc) is 4.09. The highest BCUT2D eigenvalue weighted by molar-refractivity contribution is 7.91. The third-order valence-electron chi connectivity index (χ3n) is 12.5. The van der Waals surface area contributed by atoms with E-state index in [0.717, 1.165) is 30.5 Å². The molecule has 1 unspecified atom stereocenters. The minimum Gasteiger partial charge on any atom is -0.496 e. The topological polar surface area (TPSA) is 177 Å². The Hall–Kier alpha value is -4.57. The summed E-state index contributed by atoms with van der Waals surface area (Å²) in [5.74, 6) is -1.82. The van der Waals surface area contributed by atoms with Crippen molar-refractivity contribution in [2.24, 2.45) is 17.3 Å². The second-order valence-electron chi connectivity index (χ2n) is 18.3. The fraction of sp³-hybridized carbons (Fsp3) is 0.591. The normalized spacial score (nSPS) is 23.6. The number of likely N-dealkylation sites (tertiary alicyclic amines) is 2. The number of nitrogens with zero attached hydrogens (tertiary/aromatic N) is 4. The molecule has 5 atom stereocenters. The summed E-state index contributed by atoms with van der Waals surface area (Å²) in [5, 5.41) is 5.68.